The summed E-state index contributed by atoms with van der Waals surface area (Å²) in [6, 6.07) is 16.1. The van der Waals surface area contributed by atoms with E-state index < -0.39 is 0 Å². The monoisotopic (exact) mass is 420 g/mol. The second-order valence-electron chi connectivity index (χ2n) is 7.07. The summed E-state index contributed by atoms with van der Waals surface area (Å²) in [7, 11) is 1.56. The molecule has 7 nitrogen and oxygen atoms in total. The van der Waals surface area contributed by atoms with Crippen molar-refractivity contribution in [2.75, 3.05) is 30.4 Å². The van der Waals surface area contributed by atoms with E-state index in [0.29, 0.717) is 42.5 Å². The average molecular weight is 420 g/mol. The molecule has 8 heteroatoms. The summed E-state index contributed by atoms with van der Waals surface area (Å²) in [6.07, 6.45) is 1.52. The number of ether oxygens (including phenoxy) is 1. The molecule has 1 aliphatic heterocycles. The topological polar surface area (TPSA) is 74.8 Å². The number of hydrogen-bond acceptors (Lipinski definition) is 4. The van der Waals surface area contributed by atoms with Gasteiger partial charge in [0.05, 0.1) is 19.0 Å². The summed E-state index contributed by atoms with van der Waals surface area (Å²) in [5.74, 6) is 0.613. The predicted molar refractivity (Wildman–Crippen MR) is 115 cm³/mol. The van der Waals surface area contributed by atoms with Gasteiger partial charge in [0.2, 0.25) is 0 Å². The van der Waals surface area contributed by atoms with Crippen LogP contribution in [-0.4, -0.2) is 42.0 Å². The molecule has 158 valence electrons. The molecular formula is C23H21FN4O3. The molecule has 31 heavy (non-hydrogen) atoms. The molecule has 2 aromatic carbocycles. The first-order chi connectivity index (χ1) is 15.0. The number of rotatable bonds is 6. The first kappa shape index (κ1) is 20.3. The van der Waals surface area contributed by atoms with Crippen molar-refractivity contribution in [1.82, 2.24) is 9.88 Å². The summed E-state index contributed by atoms with van der Waals surface area (Å²) in [6.45, 7) is 1.46. The van der Waals surface area contributed by atoms with Gasteiger partial charge in [0, 0.05) is 25.2 Å². The van der Waals surface area contributed by atoms with E-state index in [1.807, 2.05) is 0 Å². The van der Waals surface area contributed by atoms with Crippen LogP contribution in [0.4, 0.5) is 20.7 Å². The Hall–Kier alpha value is -3.94. The Morgan fingerprint density at radius 3 is 2.45 bits per heavy atom. The zero-order chi connectivity index (χ0) is 21.8. The van der Waals surface area contributed by atoms with Crippen LogP contribution in [0, 0.1) is 5.82 Å². The number of amides is 3. The highest BCUT2D eigenvalue weighted by Gasteiger charge is 2.30. The standard InChI is InChI=1S/C23H21FN4O3/c1-31-20-9-4-17(5-10-20)22(29)26-19-8-11-21(25-14-19)28-13-12-27(23(28)30)15-16-2-6-18(24)7-3-16/h2-11,14H,12-13,15H2,1H3,(H,26,29). The Kier molecular flexibility index (Phi) is 5.79. The molecule has 4 rings (SSSR count). The van der Waals surface area contributed by atoms with Crippen molar-refractivity contribution in [2.45, 2.75) is 6.54 Å². The predicted octanol–water partition coefficient (Wildman–Crippen LogP) is 3.92. The van der Waals surface area contributed by atoms with Gasteiger partial charge in [0.25, 0.3) is 5.91 Å². The second kappa shape index (κ2) is 8.83. The van der Waals surface area contributed by atoms with Crippen molar-refractivity contribution in [2.24, 2.45) is 0 Å². The Morgan fingerprint density at radius 1 is 1.06 bits per heavy atom. The van der Waals surface area contributed by atoms with Crippen LogP contribution in [0.5, 0.6) is 5.75 Å². The molecule has 1 N–H and O–H groups in total. The van der Waals surface area contributed by atoms with Crippen LogP contribution in [0.1, 0.15) is 15.9 Å². The largest absolute Gasteiger partial charge is 0.497 e. The van der Waals surface area contributed by atoms with Crippen molar-refractivity contribution in [3.63, 3.8) is 0 Å². The van der Waals surface area contributed by atoms with E-state index in [-0.39, 0.29) is 17.8 Å². The molecule has 0 bridgehead atoms. The van der Waals surface area contributed by atoms with Gasteiger partial charge in [0.1, 0.15) is 17.4 Å². The highest BCUT2D eigenvalue weighted by Crippen LogP contribution is 2.22. The van der Waals surface area contributed by atoms with E-state index in [1.165, 1.54) is 18.3 Å². The van der Waals surface area contributed by atoms with Crippen molar-refractivity contribution in [3.05, 3.63) is 83.8 Å². The zero-order valence-corrected chi connectivity index (χ0v) is 16.9. The van der Waals surface area contributed by atoms with Crippen molar-refractivity contribution in [1.29, 1.82) is 0 Å². The summed E-state index contributed by atoms with van der Waals surface area (Å²) < 4.78 is 18.2. The number of nitrogens with zero attached hydrogens (tertiary/aromatic N) is 3. The minimum absolute atomic E-state index is 0.160. The maximum atomic E-state index is 13.1. The van der Waals surface area contributed by atoms with Gasteiger partial charge in [-0.25, -0.2) is 14.2 Å². The highest BCUT2D eigenvalue weighted by atomic mass is 19.1. The van der Waals surface area contributed by atoms with Crippen LogP contribution < -0.4 is 15.0 Å². The van der Waals surface area contributed by atoms with Crippen LogP contribution >= 0.6 is 0 Å². The highest BCUT2D eigenvalue weighted by molar-refractivity contribution is 6.04. The molecule has 1 saturated heterocycles. The number of urea groups is 1. The first-order valence-corrected chi connectivity index (χ1v) is 9.76. The maximum Gasteiger partial charge on any atom is 0.326 e. The Morgan fingerprint density at radius 2 is 1.81 bits per heavy atom. The van der Waals surface area contributed by atoms with Gasteiger partial charge < -0.3 is 15.0 Å². The number of carbonyl (C=O) groups is 2. The lowest BCUT2D eigenvalue weighted by atomic mass is 10.2. The van der Waals surface area contributed by atoms with Crippen LogP contribution in [0.15, 0.2) is 66.9 Å². The fourth-order valence-corrected chi connectivity index (χ4v) is 3.32. The molecule has 3 aromatic rings. The van der Waals surface area contributed by atoms with E-state index in [4.69, 9.17) is 4.74 Å². The minimum atomic E-state index is -0.304. The molecule has 0 saturated carbocycles. The molecule has 2 heterocycles. The second-order valence-corrected chi connectivity index (χ2v) is 7.07. The number of hydrogen-bond donors (Lipinski definition) is 1. The molecule has 0 unspecified atom stereocenters. The van der Waals surface area contributed by atoms with Crippen molar-refractivity contribution >= 4 is 23.4 Å². The smallest absolute Gasteiger partial charge is 0.326 e. The SMILES string of the molecule is COc1ccc(C(=O)Nc2ccc(N3CCN(Cc4ccc(F)cc4)C3=O)nc2)cc1. The summed E-state index contributed by atoms with van der Waals surface area (Å²) in [4.78, 5) is 32.7. The number of halogens is 1. The molecular weight excluding hydrogens is 399 g/mol. The minimum Gasteiger partial charge on any atom is -0.497 e. The third-order valence-electron chi connectivity index (χ3n) is 5.02. The number of benzene rings is 2. The molecule has 0 atom stereocenters. The lowest BCUT2D eigenvalue weighted by Gasteiger charge is -2.18. The number of pyridine rings is 1. The van der Waals surface area contributed by atoms with Crippen LogP contribution in [0.25, 0.3) is 0 Å². The van der Waals surface area contributed by atoms with E-state index in [2.05, 4.69) is 10.3 Å². The molecule has 1 aliphatic rings. The fraction of sp³-hybridized carbons (Fsp3) is 0.174. The number of aromatic nitrogens is 1. The van der Waals surface area contributed by atoms with Gasteiger partial charge in [-0.2, -0.15) is 0 Å². The van der Waals surface area contributed by atoms with Crippen molar-refractivity contribution < 1.29 is 18.7 Å². The molecule has 1 fully saturated rings. The van der Waals surface area contributed by atoms with E-state index in [0.717, 1.165) is 5.56 Å². The molecule has 0 aliphatic carbocycles. The fourth-order valence-electron chi connectivity index (χ4n) is 3.32. The van der Waals surface area contributed by atoms with Crippen LogP contribution in [-0.2, 0) is 6.54 Å². The molecule has 0 spiro atoms. The summed E-state index contributed by atoms with van der Waals surface area (Å²) in [5.41, 5.74) is 1.89. The van der Waals surface area contributed by atoms with Gasteiger partial charge in [0.15, 0.2) is 0 Å². The van der Waals surface area contributed by atoms with Crippen LogP contribution in [0.3, 0.4) is 0 Å². The van der Waals surface area contributed by atoms with Crippen molar-refractivity contribution in [3.8, 4) is 5.75 Å². The first-order valence-electron chi connectivity index (χ1n) is 9.76. The third-order valence-corrected chi connectivity index (χ3v) is 5.02. The summed E-state index contributed by atoms with van der Waals surface area (Å²) >= 11 is 0. The van der Waals surface area contributed by atoms with E-state index >= 15 is 0 Å². The van der Waals surface area contributed by atoms with Gasteiger partial charge >= 0.3 is 6.03 Å². The zero-order valence-electron chi connectivity index (χ0n) is 16.9. The maximum absolute atomic E-state index is 13.1. The average Bonchev–Trinajstić information content (AvgIpc) is 3.16. The van der Waals surface area contributed by atoms with Gasteiger partial charge in [-0.15, -0.1) is 0 Å². The Balaban J connectivity index is 1.38. The van der Waals surface area contributed by atoms with E-state index in [9.17, 15) is 14.0 Å². The number of carbonyl (C=O) groups excluding carboxylic acids is 2. The third kappa shape index (κ3) is 4.63. The molecule has 1 aromatic heterocycles. The molecule has 3 amide bonds. The number of anilines is 2. The van der Waals surface area contributed by atoms with Crippen LogP contribution in [0.2, 0.25) is 0 Å². The normalized spacial score (nSPS) is 13.4. The van der Waals surface area contributed by atoms with Gasteiger partial charge in [-0.05, 0) is 54.1 Å². The quantitative estimate of drug-likeness (QED) is 0.656. The lowest BCUT2D eigenvalue weighted by molar-refractivity contribution is 0.102. The van der Waals surface area contributed by atoms with Gasteiger partial charge in [-0.1, -0.05) is 12.1 Å². The lowest BCUT2D eigenvalue weighted by Crippen LogP contribution is -2.31. The Labute approximate surface area is 179 Å². The van der Waals surface area contributed by atoms with E-state index in [1.54, 1.807) is 65.4 Å². The Bertz CT molecular complexity index is 1070. The number of nitrogens with one attached hydrogen (secondary N) is 1. The molecule has 0 radical (unpaired) electrons. The number of methoxy groups -OCH3 is 1. The summed E-state index contributed by atoms with van der Waals surface area (Å²) in [5, 5.41) is 2.78. The van der Waals surface area contributed by atoms with Gasteiger partial charge in [-0.3, -0.25) is 9.69 Å².